The van der Waals surface area contributed by atoms with E-state index in [1.807, 2.05) is 18.2 Å². The molecule has 6 rings (SSSR count). The first-order valence-corrected chi connectivity index (χ1v) is 19.6. The summed E-state index contributed by atoms with van der Waals surface area (Å²) in [6.07, 6.45) is 3.27. The lowest BCUT2D eigenvalue weighted by Gasteiger charge is -2.43. The molecule has 12 nitrogen and oxygen atoms in total. The van der Waals surface area contributed by atoms with Crippen LogP contribution in [0.5, 0.6) is 5.75 Å². The number of rotatable bonds is 11. The molecule has 0 spiro atoms. The van der Waals surface area contributed by atoms with E-state index in [1.54, 1.807) is 31.8 Å². The van der Waals surface area contributed by atoms with E-state index in [4.69, 9.17) is 9.72 Å². The van der Waals surface area contributed by atoms with E-state index in [0.717, 1.165) is 74.1 Å². The lowest BCUT2D eigenvalue weighted by atomic mass is 10.0. The van der Waals surface area contributed by atoms with Gasteiger partial charge in [0.05, 0.1) is 46.1 Å². The third-order valence-electron chi connectivity index (χ3n) is 9.10. The van der Waals surface area contributed by atoms with Crippen molar-refractivity contribution in [1.29, 1.82) is 0 Å². The van der Waals surface area contributed by atoms with Gasteiger partial charge in [-0.3, -0.25) is 19.7 Å². The van der Waals surface area contributed by atoms with Crippen molar-refractivity contribution in [3.8, 4) is 5.75 Å². The number of carbonyl (C=O) groups is 1. The zero-order valence-electron chi connectivity index (χ0n) is 28.6. The van der Waals surface area contributed by atoms with Gasteiger partial charge in [-0.05, 0) is 67.3 Å². The molecule has 0 atom stereocenters. The predicted molar refractivity (Wildman–Crippen MR) is 201 cm³/mol. The van der Waals surface area contributed by atoms with Crippen LogP contribution in [0.2, 0.25) is 0 Å². The number of piperidine rings is 1. The number of halogens is 3. The van der Waals surface area contributed by atoms with Crippen molar-refractivity contribution < 1.29 is 18.3 Å². The molecule has 0 radical (unpaired) electrons. The van der Waals surface area contributed by atoms with Gasteiger partial charge >= 0.3 is 0 Å². The highest BCUT2D eigenvalue weighted by atomic mass is 79.9. The monoisotopic (exact) mass is 770 g/mol. The number of carbonyl (C=O) groups excluding carboxylic acids is 1. The molecule has 266 valence electrons. The second kappa shape index (κ2) is 16.1. The molecule has 0 aliphatic carbocycles. The highest BCUT2D eigenvalue weighted by molar-refractivity contribution is 9.10. The summed E-state index contributed by atoms with van der Waals surface area (Å²) < 4.78 is 32.9. The van der Waals surface area contributed by atoms with E-state index in [9.17, 15) is 13.6 Å². The molecule has 4 heterocycles. The summed E-state index contributed by atoms with van der Waals surface area (Å²) in [5, 5.41) is 10.5. The van der Waals surface area contributed by atoms with Gasteiger partial charge in [0.2, 0.25) is 18.3 Å². The molecule has 16 heteroatoms. The maximum absolute atomic E-state index is 13.2. The van der Waals surface area contributed by atoms with Crippen molar-refractivity contribution in [3.05, 3.63) is 47.3 Å². The number of aromatic nitrogens is 4. The number of benzene rings is 2. The zero-order valence-corrected chi connectivity index (χ0v) is 31.1. The molecule has 2 fully saturated rings. The van der Waals surface area contributed by atoms with Crippen molar-refractivity contribution in [2.24, 2.45) is 0 Å². The average Bonchev–Trinajstić information content (AvgIpc) is 3.09. The maximum atomic E-state index is 13.2. The van der Waals surface area contributed by atoms with Crippen LogP contribution in [0.3, 0.4) is 0 Å². The molecule has 2 aliphatic rings. The van der Waals surface area contributed by atoms with E-state index in [-0.39, 0.29) is 5.95 Å². The fraction of sp³-hybridized carbons (Fsp3) is 0.441. The van der Waals surface area contributed by atoms with Crippen molar-refractivity contribution in [3.63, 3.8) is 0 Å². The number of hydrogen-bond donors (Lipinski definition) is 3. The number of methoxy groups -OCH3 is 1. The number of hydrogen-bond acceptors (Lipinski definition) is 11. The van der Waals surface area contributed by atoms with Crippen LogP contribution in [0.25, 0.3) is 11.0 Å². The van der Waals surface area contributed by atoms with Crippen molar-refractivity contribution >= 4 is 80.6 Å². The topological polar surface area (TPSA) is 124 Å². The minimum Gasteiger partial charge on any atom is -0.494 e. The number of alkyl halides is 2. The molecule has 0 bridgehead atoms. The number of likely N-dealkylation sites (N-methyl/N-ethyl adjacent to an activating group) is 1. The number of nitrogens with zero attached hydrogens (tertiary/aromatic N) is 7. The third kappa shape index (κ3) is 8.39. The summed E-state index contributed by atoms with van der Waals surface area (Å²) in [6, 6.07) is 7.91. The lowest BCUT2D eigenvalue weighted by Crippen LogP contribution is -2.52. The average molecular weight is 772 g/mol. The Bertz CT molecular complexity index is 1820. The Kier molecular flexibility index (Phi) is 11.6. The first-order valence-electron chi connectivity index (χ1n) is 16.5. The molecular weight excluding hydrogens is 729 g/mol. The van der Waals surface area contributed by atoms with Gasteiger partial charge in [0, 0.05) is 81.0 Å². The summed E-state index contributed by atoms with van der Waals surface area (Å²) in [4.78, 5) is 38.0. The summed E-state index contributed by atoms with van der Waals surface area (Å²) in [7, 11) is 3.16. The first kappa shape index (κ1) is 36.0. The van der Waals surface area contributed by atoms with Gasteiger partial charge in [-0.1, -0.05) is 7.92 Å². The van der Waals surface area contributed by atoms with Crippen molar-refractivity contribution in [2.75, 3.05) is 87.6 Å². The highest BCUT2D eigenvalue weighted by Gasteiger charge is 2.29. The molecule has 1 amide bonds. The Balaban J connectivity index is 1.27. The lowest BCUT2D eigenvalue weighted by molar-refractivity contribution is -0.118. The van der Waals surface area contributed by atoms with Crippen LogP contribution in [0.15, 0.2) is 47.3 Å². The molecule has 2 aromatic carbocycles. The molecule has 0 saturated carbocycles. The van der Waals surface area contributed by atoms with E-state index in [1.165, 1.54) is 0 Å². The molecule has 2 aliphatic heterocycles. The van der Waals surface area contributed by atoms with Crippen LogP contribution in [-0.4, -0.2) is 115 Å². The molecule has 0 unspecified atom stereocenters. The Hall–Kier alpha value is -3.78. The first-order chi connectivity index (χ1) is 24.1. The smallest absolute Gasteiger partial charge is 0.247 e. The van der Waals surface area contributed by atoms with Crippen molar-refractivity contribution in [1.82, 2.24) is 29.7 Å². The van der Waals surface area contributed by atoms with E-state index < -0.39 is 26.7 Å². The van der Waals surface area contributed by atoms with E-state index >= 15 is 0 Å². The van der Waals surface area contributed by atoms with Crippen LogP contribution >= 0.6 is 23.9 Å². The van der Waals surface area contributed by atoms with Gasteiger partial charge < -0.3 is 30.5 Å². The Morgan fingerprint density at radius 3 is 2.44 bits per heavy atom. The zero-order chi connectivity index (χ0) is 35.4. The van der Waals surface area contributed by atoms with Crippen LogP contribution in [0.4, 0.5) is 43.3 Å². The van der Waals surface area contributed by atoms with Crippen LogP contribution in [0, 0.1) is 0 Å². The van der Waals surface area contributed by atoms with E-state index in [2.05, 4.69) is 81.9 Å². The Morgan fingerprint density at radius 1 is 1.00 bits per heavy atom. The summed E-state index contributed by atoms with van der Waals surface area (Å²) >= 11 is 3.57. The standard InChI is InChI=1S/C34H42BrF2N10O2P/c1-45-13-15-46(16-14-45)21-7-11-47(12-8-21)27-18-28(49-2)26(17-25(27)41-30(48)19-29(36)37)43-34-40-20-22(35)33(44-34)42-24-6-5-23-31(32(24)50(3)4)39-10-9-38-23/h5-6,9-10,17-18,20-21,29H,7-8,11-16,19H2,1-4H3,(H,41,48)(H2,40,42,43,44). The SMILES string of the molecule is COc1cc(N2CCC(N3CCN(C)CC3)CC2)c(NC(=O)CC(F)F)cc1Nc1ncc(Br)c(Nc2ccc3nccnc3c2P(C)C)n1. The van der Waals surface area contributed by atoms with Crippen molar-refractivity contribution in [2.45, 2.75) is 31.7 Å². The molecule has 50 heavy (non-hydrogen) atoms. The molecule has 2 saturated heterocycles. The van der Waals surface area contributed by atoms with Crippen LogP contribution in [0.1, 0.15) is 19.3 Å². The van der Waals surface area contributed by atoms with Gasteiger partial charge in [0.15, 0.2) is 0 Å². The third-order valence-corrected chi connectivity index (χ3v) is 11.0. The fourth-order valence-corrected chi connectivity index (χ4v) is 8.03. The van der Waals surface area contributed by atoms with Crippen LogP contribution in [-0.2, 0) is 4.79 Å². The van der Waals surface area contributed by atoms with E-state index in [0.29, 0.717) is 39.1 Å². The van der Waals surface area contributed by atoms with Gasteiger partial charge in [-0.25, -0.2) is 13.8 Å². The fourth-order valence-electron chi connectivity index (χ4n) is 6.54. The molecular formula is C34H42BrF2N10O2P. The number of nitrogens with one attached hydrogen (secondary N) is 3. The second-order valence-electron chi connectivity index (χ2n) is 12.7. The van der Waals surface area contributed by atoms with Gasteiger partial charge in [0.1, 0.15) is 11.6 Å². The summed E-state index contributed by atoms with van der Waals surface area (Å²) in [5.41, 5.74) is 4.12. The number of ether oxygens (including phenoxy) is 1. The van der Waals surface area contributed by atoms with Gasteiger partial charge in [-0.15, -0.1) is 0 Å². The number of anilines is 6. The molecule has 3 N–H and O–H groups in total. The highest BCUT2D eigenvalue weighted by Crippen LogP contribution is 2.40. The van der Waals surface area contributed by atoms with Gasteiger partial charge in [-0.2, -0.15) is 4.98 Å². The molecule has 4 aromatic rings. The number of fused-ring (bicyclic) bond motifs is 1. The Morgan fingerprint density at radius 2 is 1.74 bits per heavy atom. The van der Waals surface area contributed by atoms with Gasteiger partial charge in [0.25, 0.3) is 0 Å². The molecule has 2 aromatic heterocycles. The normalized spacial score (nSPS) is 16.3. The minimum atomic E-state index is -2.76. The largest absolute Gasteiger partial charge is 0.494 e. The maximum Gasteiger partial charge on any atom is 0.247 e. The number of amides is 1. The number of piperazine rings is 1. The summed E-state index contributed by atoms with van der Waals surface area (Å²) in [5.74, 6) is 0.510. The quantitative estimate of drug-likeness (QED) is 0.159. The summed E-state index contributed by atoms with van der Waals surface area (Å²) in [6.45, 7) is 10.1. The second-order valence-corrected chi connectivity index (χ2v) is 15.8. The predicted octanol–water partition coefficient (Wildman–Crippen LogP) is 5.85. The Labute approximate surface area is 300 Å². The van der Waals surface area contributed by atoms with Crippen LogP contribution < -0.4 is 30.9 Å². The minimum absolute atomic E-state index is 0.261.